The Kier molecular flexibility index (Phi) is 1.92. The Morgan fingerprint density at radius 3 is 3.20 bits per heavy atom. The summed E-state index contributed by atoms with van der Waals surface area (Å²) in [7, 11) is 0. The number of rotatable bonds is 0. The first-order valence-corrected chi connectivity index (χ1v) is 5.23. The van der Waals surface area contributed by atoms with Crippen LogP contribution in [-0.4, -0.2) is 24.8 Å². The van der Waals surface area contributed by atoms with Crippen molar-refractivity contribution in [3.8, 4) is 11.5 Å². The van der Waals surface area contributed by atoms with Gasteiger partial charge in [-0.15, -0.1) is 0 Å². The number of nitrogens with one attached hydrogen (secondary N) is 1. The molecule has 2 aliphatic heterocycles. The van der Waals surface area contributed by atoms with Crippen LogP contribution in [0.25, 0.3) is 5.57 Å². The lowest BCUT2D eigenvalue weighted by Gasteiger charge is -2.28. The minimum absolute atomic E-state index is 0.323. The molecule has 0 spiro atoms. The van der Waals surface area contributed by atoms with Crippen molar-refractivity contribution in [1.29, 1.82) is 0 Å². The molecule has 0 aromatic heterocycles. The molecule has 0 radical (unpaired) electrons. The van der Waals surface area contributed by atoms with E-state index in [4.69, 9.17) is 4.74 Å². The van der Waals surface area contributed by atoms with Crippen molar-refractivity contribution in [2.75, 3.05) is 19.7 Å². The van der Waals surface area contributed by atoms with E-state index in [1.807, 2.05) is 12.1 Å². The zero-order valence-corrected chi connectivity index (χ0v) is 8.42. The summed E-state index contributed by atoms with van der Waals surface area (Å²) in [4.78, 5) is 0. The van der Waals surface area contributed by atoms with E-state index in [2.05, 4.69) is 5.32 Å². The summed E-state index contributed by atoms with van der Waals surface area (Å²) in [6.07, 6.45) is 1.02. The molecule has 2 heterocycles. The average Bonchev–Trinajstić information content (AvgIpc) is 2.29. The fourth-order valence-electron chi connectivity index (χ4n) is 2.26. The molecule has 0 aliphatic carbocycles. The Hall–Kier alpha value is -1.48. The lowest BCUT2D eigenvalue weighted by atomic mass is 9.92. The van der Waals surface area contributed by atoms with Gasteiger partial charge in [0.05, 0.1) is 5.56 Å². The van der Waals surface area contributed by atoms with Gasteiger partial charge in [0, 0.05) is 6.54 Å². The molecule has 3 rings (SSSR count). The van der Waals surface area contributed by atoms with Crippen molar-refractivity contribution in [2.24, 2.45) is 0 Å². The third-order valence-electron chi connectivity index (χ3n) is 3.04. The summed E-state index contributed by atoms with van der Waals surface area (Å²) in [6.45, 7) is 2.52. The number of fused-ring (bicyclic) bond motifs is 2. The SMILES string of the molecule is Oc1cccc2c1C1=C(CCNC1)CO2. The first-order valence-electron chi connectivity index (χ1n) is 5.23. The first kappa shape index (κ1) is 8.80. The molecule has 2 aliphatic rings. The van der Waals surface area contributed by atoms with E-state index >= 15 is 0 Å². The zero-order valence-electron chi connectivity index (χ0n) is 8.42. The fourth-order valence-corrected chi connectivity index (χ4v) is 2.26. The molecule has 0 saturated carbocycles. The molecule has 0 unspecified atom stereocenters. The second-order valence-corrected chi connectivity index (χ2v) is 3.95. The summed E-state index contributed by atoms with van der Waals surface area (Å²) in [5.41, 5.74) is 3.43. The van der Waals surface area contributed by atoms with Gasteiger partial charge in [-0.1, -0.05) is 6.07 Å². The highest BCUT2D eigenvalue weighted by Crippen LogP contribution is 2.40. The number of hydrogen-bond donors (Lipinski definition) is 2. The molecule has 0 atom stereocenters. The zero-order chi connectivity index (χ0) is 10.3. The molecule has 1 aromatic rings. The molecule has 0 amide bonds. The third-order valence-corrected chi connectivity index (χ3v) is 3.04. The summed E-state index contributed by atoms with van der Waals surface area (Å²) < 4.78 is 5.63. The van der Waals surface area contributed by atoms with E-state index in [9.17, 15) is 5.11 Å². The van der Waals surface area contributed by atoms with Crippen LogP contribution < -0.4 is 10.1 Å². The lowest BCUT2D eigenvalue weighted by molar-refractivity contribution is 0.333. The topological polar surface area (TPSA) is 41.5 Å². The van der Waals surface area contributed by atoms with E-state index in [0.29, 0.717) is 12.4 Å². The molecule has 0 bridgehead atoms. The first-order chi connectivity index (χ1) is 7.36. The van der Waals surface area contributed by atoms with Gasteiger partial charge in [0.1, 0.15) is 18.1 Å². The molecule has 15 heavy (non-hydrogen) atoms. The fraction of sp³-hybridized carbons (Fsp3) is 0.333. The van der Waals surface area contributed by atoms with Gasteiger partial charge in [-0.3, -0.25) is 0 Å². The predicted molar refractivity (Wildman–Crippen MR) is 58.0 cm³/mol. The van der Waals surface area contributed by atoms with Crippen LogP contribution >= 0.6 is 0 Å². The molecule has 78 valence electrons. The number of ether oxygens (including phenoxy) is 1. The number of aromatic hydroxyl groups is 1. The normalized spacial score (nSPS) is 19.2. The van der Waals surface area contributed by atoms with E-state index in [1.165, 1.54) is 11.1 Å². The molecule has 2 N–H and O–H groups in total. The van der Waals surface area contributed by atoms with Gasteiger partial charge in [0.15, 0.2) is 0 Å². The molecule has 0 saturated heterocycles. The summed E-state index contributed by atoms with van der Waals surface area (Å²) >= 11 is 0. The second kappa shape index (κ2) is 3.28. The van der Waals surface area contributed by atoms with Gasteiger partial charge in [-0.2, -0.15) is 0 Å². The van der Waals surface area contributed by atoms with Crippen molar-refractivity contribution < 1.29 is 9.84 Å². The van der Waals surface area contributed by atoms with E-state index < -0.39 is 0 Å². The van der Waals surface area contributed by atoms with Crippen molar-refractivity contribution in [3.63, 3.8) is 0 Å². The highest BCUT2D eigenvalue weighted by Gasteiger charge is 2.24. The maximum atomic E-state index is 9.85. The van der Waals surface area contributed by atoms with Crippen molar-refractivity contribution in [2.45, 2.75) is 6.42 Å². The van der Waals surface area contributed by atoms with Crippen molar-refractivity contribution in [3.05, 3.63) is 29.3 Å². The minimum Gasteiger partial charge on any atom is -0.507 e. The Bertz CT molecular complexity index is 437. The Morgan fingerprint density at radius 1 is 1.33 bits per heavy atom. The molecule has 1 aromatic carbocycles. The molecular weight excluding hydrogens is 190 g/mol. The van der Waals surface area contributed by atoms with Gasteiger partial charge in [-0.05, 0) is 36.2 Å². The van der Waals surface area contributed by atoms with Gasteiger partial charge >= 0.3 is 0 Å². The van der Waals surface area contributed by atoms with E-state index in [-0.39, 0.29) is 0 Å². The van der Waals surface area contributed by atoms with Crippen LogP contribution in [0.1, 0.15) is 12.0 Å². The maximum Gasteiger partial charge on any atom is 0.131 e. The summed E-state index contributed by atoms with van der Waals surface area (Å²) in [5.74, 6) is 1.13. The lowest BCUT2D eigenvalue weighted by Crippen LogP contribution is -2.28. The van der Waals surface area contributed by atoms with E-state index in [1.54, 1.807) is 6.07 Å². The average molecular weight is 203 g/mol. The van der Waals surface area contributed by atoms with Crippen LogP contribution in [0, 0.1) is 0 Å². The van der Waals surface area contributed by atoms with Gasteiger partial charge in [0.2, 0.25) is 0 Å². The number of phenols is 1. The number of benzene rings is 1. The van der Waals surface area contributed by atoms with Crippen LogP contribution in [0.4, 0.5) is 0 Å². The summed E-state index contributed by atoms with van der Waals surface area (Å²) in [5, 5.41) is 13.2. The quantitative estimate of drug-likeness (QED) is 0.672. The Balaban J connectivity index is 2.19. The smallest absolute Gasteiger partial charge is 0.131 e. The Morgan fingerprint density at radius 2 is 2.27 bits per heavy atom. The highest BCUT2D eigenvalue weighted by molar-refractivity contribution is 5.80. The van der Waals surface area contributed by atoms with Crippen molar-refractivity contribution in [1.82, 2.24) is 5.32 Å². The van der Waals surface area contributed by atoms with Crippen LogP contribution in [0.3, 0.4) is 0 Å². The predicted octanol–water partition coefficient (Wildman–Crippen LogP) is 1.53. The molecule has 0 fully saturated rings. The standard InChI is InChI=1S/C12H13NO2/c14-10-2-1-3-11-12(10)9-6-13-5-4-8(9)7-15-11/h1-3,13-14H,4-7H2. The largest absolute Gasteiger partial charge is 0.507 e. The number of hydrogen-bond acceptors (Lipinski definition) is 3. The van der Waals surface area contributed by atoms with Gasteiger partial charge in [-0.25, -0.2) is 0 Å². The van der Waals surface area contributed by atoms with Gasteiger partial charge < -0.3 is 15.2 Å². The maximum absolute atomic E-state index is 9.85. The molecule has 3 nitrogen and oxygen atoms in total. The molecular formula is C12H13NO2. The van der Waals surface area contributed by atoms with Crippen LogP contribution in [0.5, 0.6) is 11.5 Å². The minimum atomic E-state index is 0.323. The van der Waals surface area contributed by atoms with Gasteiger partial charge in [0.25, 0.3) is 0 Å². The van der Waals surface area contributed by atoms with E-state index in [0.717, 1.165) is 30.8 Å². The summed E-state index contributed by atoms with van der Waals surface area (Å²) in [6, 6.07) is 5.44. The molecule has 3 heteroatoms. The van der Waals surface area contributed by atoms with Crippen LogP contribution in [0.15, 0.2) is 23.8 Å². The second-order valence-electron chi connectivity index (χ2n) is 3.95. The monoisotopic (exact) mass is 203 g/mol. The Labute approximate surface area is 88.4 Å². The third kappa shape index (κ3) is 1.31. The van der Waals surface area contributed by atoms with Crippen molar-refractivity contribution >= 4 is 5.57 Å². The highest BCUT2D eigenvalue weighted by atomic mass is 16.5. The van der Waals surface area contributed by atoms with Crippen LogP contribution in [0.2, 0.25) is 0 Å². The van der Waals surface area contributed by atoms with Crippen LogP contribution in [-0.2, 0) is 0 Å². The number of phenolic OH excluding ortho intramolecular Hbond substituents is 1.